The summed E-state index contributed by atoms with van der Waals surface area (Å²) in [4.78, 5) is 23.3. The van der Waals surface area contributed by atoms with Gasteiger partial charge in [0.15, 0.2) is 13.2 Å². The normalized spacial score (nSPS) is 10.0. The lowest BCUT2D eigenvalue weighted by Gasteiger charge is -2.09. The minimum absolute atomic E-state index is 0.264. The van der Waals surface area contributed by atoms with Gasteiger partial charge in [-0.25, -0.2) is 4.79 Å². The molecule has 0 aliphatic heterocycles. The van der Waals surface area contributed by atoms with Crippen molar-refractivity contribution in [3.63, 3.8) is 0 Å². The second-order valence-electron chi connectivity index (χ2n) is 5.03. The third kappa shape index (κ3) is 6.84. The Hall–Kier alpha value is -2.54. The highest BCUT2D eigenvalue weighted by Crippen LogP contribution is 2.17. The van der Waals surface area contributed by atoms with Crippen LogP contribution in [0.3, 0.4) is 0 Å². The molecule has 2 aromatic carbocycles. The maximum Gasteiger partial charge on any atom is 0.344 e. The lowest BCUT2D eigenvalue weighted by atomic mass is 10.2. The quantitative estimate of drug-likeness (QED) is 0.680. The molecule has 0 heterocycles. The van der Waals surface area contributed by atoms with Crippen molar-refractivity contribution >= 4 is 27.8 Å². The number of esters is 1. The van der Waals surface area contributed by atoms with Gasteiger partial charge in [0.1, 0.15) is 11.5 Å². The minimum atomic E-state index is -0.614. The summed E-state index contributed by atoms with van der Waals surface area (Å²) in [6, 6.07) is 14.4. The number of amides is 1. The largest absolute Gasteiger partial charge is 0.497 e. The number of halogens is 1. The van der Waals surface area contributed by atoms with E-state index in [-0.39, 0.29) is 13.2 Å². The van der Waals surface area contributed by atoms with Crippen LogP contribution in [0.5, 0.6) is 11.5 Å². The van der Waals surface area contributed by atoms with Gasteiger partial charge in [0.05, 0.1) is 7.11 Å². The molecule has 0 unspecified atom stereocenters. The Kier molecular flexibility index (Phi) is 7.28. The van der Waals surface area contributed by atoms with Crippen LogP contribution in [-0.2, 0) is 20.9 Å². The van der Waals surface area contributed by atoms with Gasteiger partial charge >= 0.3 is 5.97 Å². The van der Waals surface area contributed by atoms with E-state index >= 15 is 0 Å². The van der Waals surface area contributed by atoms with Crippen molar-refractivity contribution in [2.24, 2.45) is 0 Å². The smallest absolute Gasteiger partial charge is 0.344 e. The highest BCUT2D eigenvalue weighted by molar-refractivity contribution is 9.10. The first-order valence-corrected chi connectivity index (χ1v) is 8.30. The van der Waals surface area contributed by atoms with Crippen molar-refractivity contribution in [3.05, 3.63) is 58.6 Å². The van der Waals surface area contributed by atoms with E-state index in [9.17, 15) is 9.59 Å². The van der Waals surface area contributed by atoms with Crippen LogP contribution in [0, 0.1) is 0 Å². The molecule has 1 amide bonds. The average Bonchev–Trinajstić information content (AvgIpc) is 2.63. The van der Waals surface area contributed by atoms with Crippen molar-refractivity contribution in [2.45, 2.75) is 6.54 Å². The van der Waals surface area contributed by atoms with Gasteiger partial charge in [0, 0.05) is 11.0 Å². The van der Waals surface area contributed by atoms with Crippen LogP contribution in [0.4, 0.5) is 0 Å². The van der Waals surface area contributed by atoms with Crippen LogP contribution in [0.1, 0.15) is 5.56 Å². The number of benzene rings is 2. The average molecular weight is 408 g/mol. The molecule has 6 nitrogen and oxygen atoms in total. The number of ether oxygens (including phenoxy) is 3. The SMILES string of the molecule is COc1cccc(CNC(=O)COC(=O)COc2cccc(Br)c2)c1. The highest BCUT2D eigenvalue weighted by Gasteiger charge is 2.09. The fourth-order valence-electron chi connectivity index (χ4n) is 1.92. The Morgan fingerprint density at radius 3 is 2.56 bits per heavy atom. The Bertz CT molecular complexity index is 735. The molecule has 0 aromatic heterocycles. The summed E-state index contributed by atoms with van der Waals surface area (Å²) in [5.41, 5.74) is 0.886. The third-order valence-corrected chi connectivity index (χ3v) is 3.63. The number of rotatable bonds is 8. The zero-order valence-electron chi connectivity index (χ0n) is 13.7. The molecule has 0 bridgehead atoms. The fourth-order valence-corrected chi connectivity index (χ4v) is 2.30. The summed E-state index contributed by atoms with van der Waals surface area (Å²) in [6.45, 7) is -0.299. The molecular weight excluding hydrogens is 390 g/mol. The molecule has 0 spiro atoms. The summed E-state index contributed by atoms with van der Waals surface area (Å²) < 4.78 is 16.1. The van der Waals surface area contributed by atoms with E-state index in [1.165, 1.54) is 0 Å². The van der Waals surface area contributed by atoms with Crippen LogP contribution in [-0.4, -0.2) is 32.2 Å². The van der Waals surface area contributed by atoms with E-state index in [0.29, 0.717) is 18.0 Å². The predicted molar refractivity (Wildman–Crippen MR) is 95.4 cm³/mol. The van der Waals surface area contributed by atoms with Gasteiger partial charge in [-0.2, -0.15) is 0 Å². The molecule has 7 heteroatoms. The first-order valence-electron chi connectivity index (χ1n) is 7.50. The van der Waals surface area contributed by atoms with Crippen molar-refractivity contribution in [3.8, 4) is 11.5 Å². The van der Waals surface area contributed by atoms with Gasteiger partial charge in [-0.1, -0.05) is 34.1 Å². The zero-order valence-corrected chi connectivity index (χ0v) is 15.2. The number of carbonyl (C=O) groups excluding carboxylic acids is 2. The van der Waals surface area contributed by atoms with Crippen LogP contribution >= 0.6 is 15.9 Å². The van der Waals surface area contributed by atoms with Crippen LogP contribution in [0.25, 0.3) is 0 Å². The standard InChI is InChI=1S/C18H18BrNO5/c1-23-15-6-2-4-13(8-15)10-20-17(21)11-25-18(22)12-24-16-7-3-5-14(19)9-16/h2-9H,10-12H2,1H3,(H,20,21). The summed E-state index contributed by atoms with van der Waals surface area (Å²) >= 11 is 3.31. The van der Waals surface area contributed by atoms with E-state index in [1.54, 1.807) is 25.3 Å². The third-order valence-electron chi connectivity index (χ3n) is 3.14. The predicted octanol–water partition coefficient (Wildman–Crippen LogP) is 2.70. The summed E-state index contributed by atoms with van der Waals surface area (Å²) in [5, 5.41) is 2.67. The Morgan fingerprint density at radius 2 is 1.80 bits per heavy atom. The molecule has 132 valence electrons. The summed E-state index contributed by atoms with van der Waals surface area (Å²) in [6.07, 6.45) is 0. The lowest BCUT2D eigenvalue weighted by Crippen LogP contribution is -2.29. The number of carbonyl (C=O) groups is 2. The molecule has 0 fully saturated rings. The summed E-state index contributed by atoms with van der Waals surface area (Å²) in [5.74, 6) is 0.242. The number of nitrogens with one attached hydrogen (secondary N) is 1. The number of hydrogen-bond donors (Lipinski definition) is 1. The lowest BCUT2D eigenvalue weighted by molar-refractivity contribution is -0.150. The maximum atomic E-state index is 11.7. The highest BCUT2D eigenvalue weighted by atomic mass is 79.9. The van der Waals surface area contributed by atoms with Crippen molar-refractivity contribution in [2.75, 3.05) is 20.3 Å². The molecule has 0 aliphatic rings. The van der Waals surface area contributed by atoms with Crippen molar-refractivity contribution in [1.29, 1.82) is 0 Å². The van der Waals surface area contributed by atoms with E-state index in [0.717, 1.165) is 10.0 Å². The molecule has 0 radical (unpaired) electrons. The Labute approximate surface area is 154 Å². The van der Waals surface area contributed by atoms with E-state index < -0.39 is 11.9 Å². The van der Waals surface area contributed by atoms with Crippen molar-refractivity contribution < 1.29 is 23.8 Å². The molecule has 2 aromatic rings. The molecule has 1 N–H and O–H groups in total. The van der Waals surface area contributed by atoms with E-state index in [4.69, 9.17) is 14.2 Å². The minimum Gasteiger partial charge on any atom is -0.497 e. The first-order chi connectivity index (χ1) is 12.1. The topological polar surface area (TPSA) is 73.9 Å². The molecular formula is C18H18BrNO5. The van der Waals surface area contributed by atoms with Gasteiger partial charge in [-0.05, 0) is 35.9 Å². The maximum absolute atomic E-state index is 11.7. The molecule has 0 saturated carbocycles. The Balaban J connectivity index is 1.67. The monoisotopic (exact) mass is 407 g/mol. The van der Waals surface area contributed by atoms with Gasteiger partial charge in [-0.3, -0.25) is 4.79 Å². The van der Waals surface area contributed by atoms with E-state index in [1.807, 2.05) is 30.3 Å². The second-order valence-corrected chi connectivity index (χ2v) is 5.95. The number of methoxy groups -OCH3 is 1. The summed E-state index contributed by atoms with van der Waals surface area (Å²) in [7, 11) is 1.58. The van der Waals surface area contributed by atoms with Crippen LogP contribution in [0.2, 0.25) is 0 Å². The van der Waals surface area contributed by atoms with Gasteiger partial charge < -0.3 is 19.5 Å². The van der Waals surface area contributed by atoms with Crippen molar-refractivity contribution in [1.82, 2.24) is 5.32 Å². The second kappa shape index (κ2) is 9.68. The molecule has 0 saturated heterocycles. The first kappa shape index (κ1) is 18.8. The van der Waals surface area contributed by atoms with E-state index in [2.05, 4.69) is 21.2 Å². The molecule has 0 aliphatic carbocycles. The number of hydrogen-bond acceptors (Lipinski definition) is 5. The fraction of sp³-hybridized carbons (Fsp3) is 0.222. The Morgan fingerprint density at radius 1 is 1.04 bits per heavy atom. The molecule has 0 atom stereocenters. The van der Waals surface area contributed by atoms with Gasteiger partial charge in [0.2, 0.25) is 0 Å². The molecule has 25 heavy (non-hydrogen) atoms. The zero-order chi connectivity index (χ0) is 18.1. The van der Waals surface area contributed by atoms with Crippen LogP contribution in [0.15, 0.2) is 53.0 Å². The molecule has 2 rings (SSSR count). The van der Waals surface area contributed by atoms with Gasteiger partial charge in [-0.15, -0.1) is 0 Å². The van der Waals surface area contributed by atoms with Crippen LogP contribution < -0.4 is 14.8 Å². The van der Waals surface area contributed by atoms with Gasteiger partial charge in [0.25, 0.3) is 5.91 Å².